The van der Waals surface area contributed by atoms with Gasteiger partial charge in [0.15, 0.2) is 6.61 Å². The highest BCUT2D eigenvalue weighted by Gasteiger charge is 2.32. The lowest BCUT2D eigenvalue weighted by Gasteiger charge is -2.33. The highest BCUT2D eigenvalue weighted by molar-refractivity contribution is 5.89. The minimum atomic E-state index is -0.786. The predicted molar refractivity (Wildman–Crippen MR) is 140 cm³/mol. The molecule has 3 aromatic rings. The van der Waals surface area contributed by atoms with Gasteiger partial charge in [0.2, 0.25) is 5.91 Å². The number of halogens is 1. The van der Waals surface area contributed by atoms with E-state index in [1.165, 1.54) is 17.0 Å². The van der Waals surface area contributed by atoms with Gasteiger partial charge >= 0.3 is 0 Å². The first kappa shape index (κ1) is 26.9. The second-order valence-electron chi connectivity index (χ2n) is 10.1. The Hall–Kier alpha value is -3.67. The van der Waals surface area contributed by atoms with Crippen molar-refractivity contribution in [2.75, 3.05) is 6.61 Å². The summed E-state index contributed by atoms with van der Waals surface area (Å²) in [5, 5.41) is 3.03. The zero-order chi connectivity index (χ0) is 26.3. The number of nitrogens with one attached hydrogen (secondary N) is 1. The Bertz CT molecular complexity index is 1170. The molecule has 2 amide bonds. The lowest BCUT2D eigenvalue weighted by atomic mass is 10.0. The maximum Gasteiger partial charge on any atom is 0.261 e. The summed E-state index contributed by atoms with van der Waals surface area (Å²) in [5.74, 6) is -0.316. The second kappa shape index (κ2) is 11.8. The van der Waals surface area contributed by atoms with Crippen LogP contribution in [0.15, 0.2) is 72.8 Å². The molecule has 5 nitrogen and oxygen atoms in total. The molecule has 0 bridgehead atoms. The van der Waals surface area contributed by atoms with Crippen LogP contribution in [0.5, 0.6) is 5.75 Å². The molecule has 0 aromatic heterocycles. The van der Waals surface area contributed by atoms with Crippen molar-refractivity contribution in [2.45, 2.75) is 59.2 Å². The first-order chi connectivity index (χ1) is 17.0. The zero-order valence-electron chi connectivity index (χ0n) is 21.7. The van der Waals surface area contributed by atoms with E-state index >= 15 is 0 Å². The number of amides is 2. The molecule has 0 saturated heterocycles. The Morgan fingerprint density at radius 2 is 1.58 bits per heavy atom. The van der Waals surface area contributed by atoms with Crippen LogP contribution in [-0.4, -0.2) is 34.9 Å². The number of hydrogen-bond acceptors (Lipinski definition) is 3. The normalized spacial score (nSPS) is 12.1. The molecule has 3 aromatic carbocycles. The van der Waals surface area contributed by atoms with Gasteiger partial charge in [-0.05, 0) is 75.1 Å². The minimum absolute atomic E-state index is 0.143. The first-order valence-electron chi connectivity index (χ1n) is 12.1. The van der Waals surface area contributed by atoms with E-state index in [-0.39, 0.29) is 30.8 Å². The largest absolute Gasteiger partial charge is 0.483 e. The molecular weight excluding hydrogens is 455 g/mol. The molecule has 0 spiro atoms. The van der Waals surface area contributed by atoms with Crippen LogP contribution in [0.2, 0.25) is 0 Å². The molecule has 6 heteroatoms. The smallest absolute Gasteiger partial charge is 0.261 e. The average molecular weight is 491 g/mol. The van der Waals surface area contributed by atoms with Crippen molar-refractivity contribution in [3.8, 4) is 5.75 Å². The van der Waals surface area contributed by atoms with Gasteiger partial charge in [0, 0.05) is 18.5 Å². The van der Waals surface area contributed by atoms with Crippen molar-refractivity contribution in [3.05, 3.63) is 101 Å². The van der Waals surface area contributed by atoms with Gasteiger partial charge in [0.05, 0.1) is 0 Å². The summed E-state index contributed by atoms with van der Waals surface area (Å²) in [5.41, 5.74) is 3.19. The van der Waals surface area contributed by atoms with Crippen molar-refractivity contribution in [1.29, 1.82) is 0 Å². The molecule has 190 valence electrons. The summed E-state index contributed by atoms with van der Waals surface area (Å²) in [7, 11) is 0. The Labute approximate surface area is 213 Å². The molecule has 0 aliphatic heterocycles. The molecule has 3 rings (SSSR count). The van der Waals surface area contributed by atoms with Crippen molar-refractivity contribution in [1.82, 2.24) is 10.2 Å². The summed E-state index contributed by atoms with van der Waals surface area (Å²) in [4.78, 5) is 28.7. The zero-order valence-corrected chi connectivity index (χ0v) is 21.7. The van der Waals surface area contributed by atoms with Gasteiger partial charge in [-0.2, -0.15) is 0 Å². The monoisotopic (exact) mass is 490 g/mol. The van der Waals surface area contributed by atoms with Crippen LogP contribution >= 0.6 is 0 Å². The second-order valence-corrected chi connectivity index (χ2v) is 10.1. The average Bonchev–Trinajstić information content (AvgIpc) is 2.83. The first-order valence-corrected chi connectivity index (χ1v) is 12.1. The SMILES string of the molecule is Cc1cccc(OCC(=O)N(Cc2ccc(F)cc2)[C@H](Cc2ccccc2)C(=O)NC(C)(C)C)c1C. The number of carbonyl (C=O) groups is 2. The van der Waals surface area contributed by atoms with E-state index < -0.39 is 11.6 Å². The van der Waals surface area contributed by atoms with Crippen molar-refractivity contribution >= 4 is 11.8 Å². The van der Waals surface area contributed by atoms with E-state index in [0.717, 1.165) is 22.3 Å². The molecule has 0 fully saturated rings. The Kier molecular flexibility index (Phi) is 8.86. The molecule has 0 aliphatic carbocycles. The number of aryl methyl sites for hydroxylation is 1. The fourth-order valence-corrected chi connectivity index (χ4v) is 3.90. The van der Waals surface area contributed by atoms with E-state index in [9.17, 15) is 14.0 Å². The molecule has 0 unspecified atom stereocenters. The van der Waals surface area contributed by atoms with E-state index in [1.54, 1.807) is 12.1 Å². The predicted octanol–water partition coefficient (Wildman–Crippen LogP) is 5.38. The summed E-state index contributed by atoms with van der Waals surface area (Å²) >= 11 is 0. The third kappa shape index (κ3) is 7.67. The van der Waals surface area contributed by atoms with E-state index in [0.29, 0.717) is 12.2 Å². The lowest BCUT2D eigenvalue weighted by Crippen LogP contribution is -2.55. The van der Waals surface area contributed by atoms with Crippen LogP contribution in [0, 0.1) is 19.7 Å². The lowest BCUT2D eigenvalue weighted by molar-refractivity contribution is -0.143. The van der Waals surface area contributed by atoms with Gasteiger partial charge < -0.3 is 15.0 Å². The van der Waals surface area contributed by atoms with Gasteiger partial charge in [-0.1, -0.05) is 54.6 Å². The van der Waals surface area contributed by atoms with E-state index in [2.05, 4.69) is 5.32 Å². The molecular formula is C30H35FN2O3. The number of carbonyl (C=O) groups excluding carboxylic acids is 2. The maximum atomic E-state index is 13.6. The van der Waals surface area contributed by atoms with Gasteiger partial charge in [-0.3, -0.25) is 9.59 Å². The van der Waals surface area contributed by atoms with Gasteiger partial charge in [0.25, 0.3) is 5.91 Å². The third-order valence-corrected chi connectivity index (χ3v) is 5.94. The van der Waals surface area contributed by atoms with Crippen molar-refractivity contribution in [3.63, 3.8) is 0 Å². The van der Waals surface area contributed by atoms with Crippen molar-refractivity contribution in [2.24, 2.45) is 0 Å². The van der Waals surface area contributed by atoms with Crippen molar-refractivity contribution < 1.29 is 18.7 Å². The molecule has 0 saturated carbocycles. The molecule has 1 N–H and O–H groups in total. The van der Waals surface area contributed by atoms with Crippen LogP contribution < -0.4 is 10.1 Å². The van der Waals surface area contributed by atoms with Gasteiger partial charge in [0.1, 0.15) is 17.6 Å². The molecule has 1 atom stereocenters. The number of nitrogens with zero attached hydrogens (tertiary/aromatic N) is 1. The fourth-order valence-electron chi connectivity index (χ4n) is 3.90. The Balaban J connectivity index is 1.94. The van der Waals surface area contributed by atoms with E-state index in [4.69, 9.17) is 4.74 Å². The van der Waals surface area contributed by atoms with Gasteiger partial charge in [-0.25, -0.2) is 4.39 Å². The summed E-state index contributed by atoms with van der Waals surface area (Å²) in [6.07, 6.45) is 0.333. The molecule has 0 aliphatic rings. The number of ether oxygens (including phenoxy) is 1. The highest BCUT2D eigenvalue weighted by atomic mass is 19.1. The fraction of sp³-hybridized carbons (Fsp3) is 0.333. The highest BCUT2D eigenvalue weighted by Crippen LogP contribution is 2.22. The minimum Gasteiger partial charge on any atom is -0.483 e. The topological polar surface area (TPSA) is 58.6 Å². The maximum absolute atomic E-state index is 13.6. The molecule has 0 heterocycles. The Morgan fingerprint density at radius 3 is 2.22 bits per heavy atom. The summed E-state index contributed by atoms with van der Waals surface area (Å²) in [6, 6.07) is 20.5. The van der Waals surface area contributed by atoms with Crippen LogP contribution in [0.1, 0.15) is 43.0 Å². The molecule has 36 heavy (non-hydrogen) atoms. The van der Waals surface area contributed by atoms with Crippen LogP contribution in [0.4, 0.5) is 4.39 Å². The van der Waals surface area contributed by atoms with Crippen LogP contribution in [0.3, 0.4) is 0 Å². The number of rotatable bonds is 9. The standard InChI is InChI=1S/C30H35FN2O3/c1-21-10-9-13-27(22(21)2)36-20-28(34)33(19-24-14-16-25(31)17-15-24)26(29(35)32-30(3,4)5)18-23-11-7-6-8-12-23/h6-17,26H,18-20H2,1-5H3,(H,32,35)/t26-/m1/s1. The summed E-state index contributed by atoms with van der Waals surface area (Å²) < 4.78 is 19.5. The quantitative estimate of drug-likeness (QED) is 0.438. The summed E-state index contributed by atoms with van der Waals surface area (Å²) in [6.45, 7) is 9.56. The number of hydrogen-bond donors (Lipinski definition) is 1. The number of benzene rings is 3. The van der Waals surface area contributed by atoms with Crippen LogP contribution in [-0.2, 0) is 22.6 Å². The molecule has 0 radical (unpaired) electrons. The Morgan fingerprint density at radius 1 is 0.917 bits per heavy atom. The third-order valence-electron chi connectivity index (χ3n) is 5.94. The van der Waals surface area contributed by atoms with E-state index in [1.807, 2.05) is 83.1 Å². The van der Waals surface area contributed by atoms with Crippen LogP contribution in [0.25, 0.3) is 0 Å². The van der Waals surface area contributed by atoms with Gasteiger partial charge in [-0.15, -0.1) is 0 Å².